The predicted octanol–water partition coefficient (Wildman–Crippen LogP) is 4.62. The lowest BCUT2D eigenvalue weighted by molar-refractivity contribution is 0.0142. The molecule has 2 atom stereocenters. The fraction of sp³-hybridized carbons (Fsp3) is 0.393. The van der Waals surface area contributed by atoms with Gasteiger partial charge in [-0.25, -0.2) is 9.50 Å². The number of aromatic amines is 1. The highest BCUT2D eigenvalue weighted by atomic mass is 19.1. The van der Waals surface area contributed by atoms with Crippen LogP contribution in [0.2, 0.25) is 0 Å². The summed E-state index contributed by atoms with van der Waals surface area (Å²) in [5.41, 5.74) is 3.54. The highest BCUT2D eigenvalue weighted by Crippen LogP contribution is 2.34. The fourth-order valence-corrected chi connectivity index (χ4v) is 5.64. The van der Waals surface area contributed by atoms with Crippen molar-refractivity contribution in [3.63, 3.8) is 0 Å². The molecule has 190 valence electrons. The molecular formula is C28H29FN6O2. The lowest BCUT2D eigenvalue weighted by atomic mass is 9.84. The molecule has 2 unspecified atom stereocenters. The standard InChI is InChI=1S/C28H29FN6O2/c1-17-21(14-29)16-34(17)28(37)25-26(23-15-30-11-12-31-23)33-35-24(36)13-22(32-27(25)35)20-9-7-19(8-10-20)18-5-3-2-4-6-18/h7-13,15,17-18,21,33H,2-6,14,16H2,1H3. The zero-order chi connectivity index (χ0) is 25.5. The molecule has 3 aromatic heterocycles. The van der Waals surface area contributed by atoms with Crippen LogP contribution in [0.4, 0.5) is 4.39 Å². The maximum Gasteiger partial charge on any atom is 0.273 e. The number of benzene rings is 1. The molecule has 0 bridgehead atoms. The van der Waals surface area contributed by atoms with Crippen molar-refractivity contribution in [3.8, 4) is 22.6 Å². The number of nitrogens with one attached hydrogen (secondary N) is 1. The Kier molecular flexibility index (Phi) is 6.06. The summed E-state index contributed by atoms with van der Waals surface area (Å²) in [7, 11) is 0. The maximum atomic E-state index is 13.7. The van der Waals surface area contributed by atoms with Crippen LogP contribution in [0.25, 0.3) is 28.3 Å². The van der Waals surface area contributed by atoms with Crippen LogP contribution in [-0.2, 0) is 0 Å². The molecule has 1 amide bonds. The molecule has 2 fully saturated rings. The van der Waals surface area contributed by atoms with Crippen molar-refractivity contribution in [2.45, 2.75) is 51.0 Å². The summed E-state index contributed by atoms with van der Waals surface area (Å²) in [6, 6.07) is 9.49. The third-order valence-electron chi connectivity index (χ3n) is 8.00. The van der Waals surface area contributed by atoms with Gasteiger partial charge in [-0.05, 0) is 31.2 Å². The van der Waals surface area contributed by atoms with Crippen LogP contribution >= 0.6 is 0 Å². The quantitative estimate of drug-likeness (QED) is 0.431. The number of carbonyl (C=O) groups excluding carboxylic acids is 1. The second-order valence-corrected chi connectivity index (χ2v) is 10.2. The van der Waals surface area contributed by atoms with Crippen LogP contribution in [0.3, 0.4) is 0 Å². The highest BCUT2D eigenvalue weighted by Gasteiger charge is 2.41. The van der Waals surface area contributed by atoms with Crippen molar-refractivity contribution < 1.29 is 9.18 Å². The molecule has 4 heterocycles. The van der Waals surface area contributed by atoms with E-state index in [-0.39, 0.29) is 34.6 Å². The smallest absolute Gasteiger partial charge is 0.273 e. The van der Waals surface area contributed by atoms with Crippen LogP contribution < -0.4 is 5.56 Å². The number of fused-ring (bicyclic) bond motifs is 1. The molecular weight excluding hydrogens is 471 g/mol. The first-order valence-electron chi connectivity index (χ1n) is 12.9. The first kappa shape index (κ1) is 23.5. The van der Waals surface area contributed by atoms with Gasteiger partial charge in [-0.15, -0.1) is 0 Å². The van der Waals surface area contributed by atoms with Crippen molar-refractivity contribution in [2.24, 2.45) is 5.92 Å². The molecule has 37 heavy (non-hydrogen) atoms. The van der Waals surface area contributed by atoms with Crippen molar-refractivity contribution in [1.82, 2.24) is 29.5 Å². The Balaban J connectivity index is 1.44. The molecule has 9 heteroatoms. The van der Waals surface area contributed by atoms with Crippen LogP contribution in [0, 0.1) is 5.92 Å². The van der Waals surface area contributed by atoms with Crippen LogP contribution in [-0.4, -0.2) is 54.6 Å². The number of hydrogen-bond donors (Lipinski definition) is 1. The van der Waals surface area contributed by atoms with Gasteiger partial charge in [0.25, 0.3) is 11.5 Å². The average Bonchev–Trinajstić information content (AvgIpc) is 3.34. The topological polar surface area (TPSA) is 96.3 Å². The van der Waals surface area contributed by atoms with Crippen molar-refractivity contribution >= 4 is 11.6 Å². The number of H-pyrrole nitrogens is 1. The minimum absolute atomic E-state index is 0.192. The molecule has 8 nitrogen and oxygen atoms in total. The summed E-state index contributed by atoms with van der Waals surface area (Å²) in [5.74, 6) is 0.0790. The first-order chi connectivity index (χ1) is 18.0. The van der Waals surface area contributed by atoms with Gasteiger partial charge in [-0.1, -0.05) is 43.5 Å². The van der Waals surface area contributed by atoms with Crippen molar-refractivity contribution in [3.05, 3.63) is 70.4 Å². The second-order valence-electron chi connectivity index (χ2n) is 10.2. The van der Waals surface area contributed by atoms with Gasteiger partial charge >= 0.3 is 0 Å². The zero-order valence-electron chi connectivity index (χ0n) is 20.7. The normalized spacial score (nSPS) is 20.2. The number of nitrogens with zero attached hydrogens (tertiary/aromatic N) is 5. The molecule has 1 aromatic carbocycles. The van der Waals surface area contributed by atoms with Crippen molar-refractivity contribution in [2.75, 3.05) is 13.2 Å². The predicted molar refractivity (Wildman–Crippen MR) is 138 cm³/mol. The largest absolute Gasteiger partial charge is 0.335 e. The van der Waals surface area contributed by atoms with E-state index < -0.39 is 6.67 Å². The third kappa shape index (κ3) is 4.12. The van der Waals surface area contributed by atoms with Gasteiger partial charge in [0, 0.05) is 42.5 Å². The minimum Gasteiger partial charge on any atom is -0.335 e. The summed E-state index contributed by atoms with van der Waals surface area (Å²) in [6.07, 6.45) is 10.9. The Labute approximate surface area is 213 Å². The van der Waals surface area contributed by atoms with E-state index in [1.165, 1.54) is 66.8 Å². The Bertz CT molecular complexity index is 1490. The number of hydrogen-bond acceptors (Lipinski definition) is 5. The van der Waals surface area contributed by atoms with E-state index in [9.17, 15) is 14.0 Å². The number of likely N-dealkylation sites (tertiary alicyclic amines) is 1. The summed E-state index contributed by atoms with van der Waals surface area (Å²) < 4.78 is 14.6. The van der Waals surface area contributed by atoms with Gasteiger partial charge in [0.15, 0.2) is 5.65 Å². The molecule has 1 N–H and O–H groups in total. The lowest BCUT2D eigenvalue weighted by Gasteiger charge is -2.45. The summed E-state index contributed by atoms with van der Waals surface area (Å²) in [6.45, 7) is 1.68. The van der Waals surface area contributed by atoms with E-state index in [0.29, 0.717) is 29.5 Å². The Hall–Kier alpha value is -3.88. The molecule has 1 saturated heterocycles. The number of carbonyl (C=O) groups is 1. The summed E-state index contributed by atoms with van der Waals surface area (Å²) >= 11 is 0. The SMILES string of the molecule is CC1C(CF)CN1C(=O)c1c(-c2cnccn2)[nH]n2c(=O)cc(-c3ccc(C4CCCCC4)cc3)nc12. The molecule has 1 aliphatic carbocycles. The van der Waals surface area contributed by atoms with Gasteiger partial charge in [0.05, 0.1) is 24.3 Å². The molecule has 4 aromatic rings. The van der Waals surface area contributed by atoms with Gasteiger partial charge in [0.1, 0.15) is 11.3 Å². The lowest BCUT2D eigenvalue weighted by Crippen LogP contribution is -2.58. The van der Waals surface area contributed by atoms with E-state index in [1.807, 2.05) is 19.1 Å². The average molecular weight is 501 g/mol. The Morgan fingerprint density at radius 1 is 1.11 bits per heavy atom. The number of rotatable bonds is 5. The van der Waals surface area contributed by atoms with Gasteiger partial charge in [-0.3, -0.25) is 29.0 Å². The number of halogens is 1. The zero-order valence-corrected chi connectivity index (χ0v) is 20.7. The number of alkyl halides is 1. The highest BCUT2D eigenvalue weighted by molar-refractivity contribution is 6.05. The van der Waals surface area contributed by atoms with E-state index in [4.69, 9.17) is 4.98 Å². The summed E-state index contributed by atoms with van der Waals surface area (Å²) in [5, 5.41) is 3.02. The molecule has 6 rings (SSSR count). The fourth-order valence-electron chi connectivity index (χ4n) is 5.64. The van der Waals surface area contributed by atoms with E-state index >= 15 is 0 Å². The van der Waals surface area contributed by atoms with E-state index in [1.54, 1.807) is 4.90 Å². The monoisotopic (exact) mass is 500 g/mol. The number of aromatic nitrogens is 5. The van der Waals surface area contributed by atoms with E-state index in [2.05, 4.69) is 27.2 Å². The van der Waals surface area contributed by atoms with Gasteiger partial charge < -0.3 is 4.90 Å². The maximum absolute atomic E-state index is 13.7. The first-order valence-corrected chi connectivity index (χ1v) is 12.9. The van der Waals surface area contributed by atoms with Crippen molar-refractivity contribution in [1.29, 1.82) is 0 Å². The molecule has 1 saturated carbocycles. The Morgan fingerprint density at radius 2 is 1.89 bits per heavy atom. The minimum atomic E-state index is -0.478. The second kappa shape index (κ2) is 9.53. The van der Waals surface area contributed by atoms with Crippen LogP contribution in [0.15, 0.2) is 53.7 Å². The Morgan fingerprint density at radius 3 is 2.57 bits per heavy atom. The molecule has 2 aliphatic rings. The number of amides is 1. The molecule has 0 radical (unpaired) electrons. The van der Waals surface area contributed by atoms with Gasteiger partial charge in [-0.2, -0.15) is 0 Å². The summed E-state index contributed by atoms with van der Waals surface area (Å²) in [4.78, 5) is 41.8. The van der Waals surface area contributed by atoms with Gasteiger partial charge in [0.2, 0.25) is 0 Å². The molecule has 0 spiro atoms. The van der Waals surface area contributed by atoms with E-state index in [0.717, 1.165) is 5.56 Å². The van der Waals surface area contributed by atoms with Crippen LogP contribution in [0.5, 0.6) is 0 Å². The third-order valence-corrected chi connectivity index (χ3v) is 8.00. The molecule has 1 aliphatic heterocycles. The van der Waals surface area contributed by atoms with Crippen LogP contribution in [0.1, 0.15) is 60.9 Å².